The Labute approximate surface area is 184 Å². The maximum atomic E-state index is 12.9. The molecular formula is C27H31NO3. The van der Waals surface area contributed by atoms with E-state index in [-0.39, 0.29) is 6.04 Å². The summed E-state index contributed by atoms with van der Waals surface area (Å²) in [6.07, 6.45) is 6.25. The van der Waals surface area contributed by atoms with Gasteiger partial charge < -0.3 is 9.84 Å². The molecule has 2 bridgehead atoms. The molecule has 0 unspecified atom stereocenters. The monoisotopic (exact) mass is 417 g/mol. The first-order chi connectivity index (χ1) is 15.1. The number of carbonyl (C=O) groups excluding carboxylic acids is 1. The van der Waals surface area contributed by atoms with Gasteiger partial charge in [0.1, 0.15) is 11.5 Å². The largest absolute Gasteiger partial charge is 0.508 e. The van der Waals surface area contributed by atoms with E-state index in [4.69, 9.17) is 4.74 Å². The molecule has 4 aliphatic rings. The van der Waals surface area contributed by atoms with Crippen LogP contribution in [0.15, 0.2) is 48.5 Å². The number of likely N-dealkylation sites (tertiary alicyclic amines) is 1. The summed E-state index contributed by atoms with van der Waals surface area (Å²) in [6.45, 7) is 2.67. The summed E-state index contributed by atoms with van der Waals surface area (Å²) in [5.41, 5.74) is 2.51. The van der Waals surface area contributed by atoms with Gasteiger partial charge in [0.15, 0.2) is 0 Å². The lowest BCUT2D eigenvalue weighted by Gasteiger charge is -2.65. The first-order valence-electron chi connectivity index (χ1n) is 11.9. The lowest BCUT2D eigenvalue weighted by atomic mass is 9.49. The topological polar surface area (TPSA) is 49.8 Å². The molecule has 31 heavy (non-hydrogen) atoms. The molecule has 0 radical (unpaired) electrons. The van der Waals surface area contributed by atoms with Crippen LogP contribution >= 0.6 is 0 Å². The number of piperidine rings is 1. The standard InChI is InChI=1S/C27H31NO3/c29-22-11-12-27(31-18-20-5-2-1-3-6-20)24-15-21-7-4-8-23(30)25(21)26(27,16-22)13-14-28(24)17-19-9-10-19/h1-8,19,24,30H,9-18H2/t24-,26-,27-/m1/s1. The van der Waals surface area contributed by atoms with Gasteiger partial charge in [-0.25, -0.2) is 0 Å². The summed E-state index contributed by atoms with van der Waals surface area (Å²) < 4.78 is 7.01. The van der Waals surface area contributed by atoms with Gasteiger partial charge in [0.25, 0.3) is 0 Å². The van der Waals surface area contributed by atoms with Gasteiger partial charge in [-0.15, -0.1) is 0 Å². The number of nitrogens with zero attached hydrogens (tertiary/aromatic N) is 1. The van der Waals surface area contributed by atoms with Crippen molar-refractivity contribution in [3.8, 4) is 5.75 Å². The minimum atomic E-state index is -0.435. The third kappa shape index (κ3) is 2.99. The van der Waals surface area contributed by atoms with E-state index in [0.717, 1.165) is 43.8 Å². The average Bonchev–Trinajstić information content (AvgIpc) is 3.59. The number of phenolic OH excluding ortho intramolecular Hbond substituents is 1. The van der Waals surface area contributed by atoms with Crippen molar-refractivity contribution in [3.63, 3.8) is 0 Å². The van der Waals surface area contributed by atoms with Crippen LogP contribution in [0.25, 0.3) is 0 Å². The van der Waals surface area contributed by atoms with Crippen LogP contribution in [0.5, 0.6) is 5.75 Å². The van der Waals surface area contributed by atoms with Gasteiger partial charge in [0.2, 0.25) is 0 Å². The van der Waals surface area contributed by atoms with Gasteiger partial charge in [0.05, 0.1) is 12.2 Å². The maximum Gasteiger partial charge on any atom is 0.134 e. The second kappa shape index (κ2) is 7.18. The van der Waals surface area contributed by atoms with Crippen molar-refractivity contribution in [3.05, 3.63) is 65.2 Å². The van der Waals surface area contributed by atoms with Crippen molar-refractivity contribution in [1.82, 2.24) is 4.90 Å². The Hall–Kier alpha value is -2.17. The molecular weight excluding hydrogens is 386 g/mol. The zero-order valence-corrected chi connectivity index (χ0v) is 18.1. The molecule has 2 saturated carbocycles. The van der Waals surface area contributed by atoms with E-state index in [0.29, 0.717) is 31.0 Å². The van der Waals surface area contributed by atoms with Crippen LogP contribution in [0.4, 0.5) is 0 Å². The SMILES string of the molecule is O=C1CC[C@@]2(OCc3ccccc3)[C@H]3Cc4cccc(O)c4[C@@]2(CCN3CC2CC2)C1. The van der Waals surface area contributed by atoms with Gasteiger partial charge in [-0.2, -0.15) is 0 Å². The van der Waals surface area contributed by atoms with E-state index < -0.39 is 11.0 Å². The number of hydrogen-bond donors (Lipinski definition) is 1. The van der Waals surface area contributed by atoms with Crippen LogP contribution in [0.3, 0.4) is 0 Å². The van der Waals surface area contributed by atoms with E-state index in [1.807, 2.05) is 12.1 Å². The van der Waals surface area contributed by atoms with Gasteiger partial charge in [0, 0.05) is 36.4 Å². The molecule has 4 nitrogen and oxygen atoms in total. The molecule has 6 rings (SSSR count). The predicted octanol–water partition coefficient (Wildman–Crippen LogP) is 4.38. The fourth-order valence-corrected chi connectivity index (χ4v) is 6.89. The zero-order chi connectivity index (χ0) is 21.1. The van der Waals surface area contributed by atoms with Crippen molar-refractivity contribution in [2.75, 3.05) is 13.1 Å². The Morgan fingerprint density at radius 1 is 1.06 bits per heavy atom. The minimum Gasteiger partial charge on any atom is -0.508 e. The first-order valence-corrected chi connectivity index (χ1v) is 11.9. The Bertz CT molecular complexity index is 1000. The number of aromatic hydroxyl groups is 1. The third-order valence-electron chi connectivity index (χ3n) is 8.44. The number of ketones is 1. The minimum absolute atomic E-state index is 0.257. The number of hydrogen-bond acceptors (Lipinski definition) is 4. The number of rotatable bonds is 5. The molecule has 1 N–H and O–H groups in total. The maximum absolute atomic E-state index is 12.9. The summed E-state index contributed by atoms with van der Waals surface area (Å²) in [5.74, 6) is 1.47. The van der Waals surface area contributed by atoms with Crippen molar-refractivity contribution >= 4 is 5.78 Å². The summed E-state index contributed by atoms with van der Waals surface area (Å²) >= 11 is 0. The average molecular weight is 418 g/mol. The predicted molar refractivity (Wildman–Crippen MR) is 119 cm³/mol. The number of carbonyl (C=O) groups is 1. The fraction of sp³-hybridized carbons (Fsp3) is 0.519. The Kier molecular flexibility index (Phi) is 4.52. The molecule has 3 atom stereocenters. The second-order valence-corrected chi connectivity index (χ2v) is 10.2. The number of phenols is 1. The molecule has 1 saturated heterocycles. The fourth-order valence-electron chi connectivity index (χ4n) is 6.89. The van der Waals surface area contributed by atoms with Gasteiger partial charge in [-0.05, 0) is 61.8 Å². The van der Waals surface area contributed by atoms with Gasteiger partial charge in [-0.1, -0.05) is 42.5 Å². The second-order valence-electron chi connectivity index (χ2n) is 10.2. The molecule has 4 heteroatoms. The molecule has 0 aromatic heterocycles. The molecule has 1 heterocycles. The molecule has 3 aliphatic carbocycles. The first kappa shape index (κ1) is 19.5. The van der Waals surface area contributed by atoms with Crippen LogP contribution in [0.2, 0.25) is 0 Å². The number of ether oxygens (including phenoxy) is 1. The lowest BCUT2D eigenvalue weighted by Crippen LogP contribution is -2.74. The zero-order valence-electron chi connectivity index (χ0n) is 18.1. The Morgan fingerprint density at radius 3 is 2.71 bits per heavy atom. The van der Waals surface area contributed by atoms with Crippen molar-refractivity contribution < 1.29 is 14.6 Å². The van der Waals surface area contributed by atoms with Crippen LogP contribution in [-0.2, 0) is 28.0 Å². The molecule has 0 spiro atoms. The van der Waals surface area contributed by atoms with Crippen molar-refractivity contribution in [1.29, 1.82) is 0 Å². The Morgan fingerprint density at radius 2 is 1.90 bits per heavy atom. The lowest BCUT2D eigenvalue weighted by molar-refractivity contribution is -0.206. The van der Waals surface area contributed by atoms with E-state index in [2.05, 4.69) is 35.2 Å². The highest BCUT2D eigenvalue weighted by Gasteiger charge is 2.67. The summed E-state index contributed by atoms with van der Waals surface area (Å²) in [5, 5.41) is 11.0. The van der Waals surface area contributed by atoms with Crippen LogP contribution in [-0.4, -0.2) is 40.5 Å². The van der Waals surface area contributed by atoms with E-state index in [1.165, 1.54) is 24.0 Å². The van der Waals surface area contributed by atoms with E-state index >= 15 is 0 Å². The van der Waals surface area contributed by atoms with Crippen molar-refractivity contribution in [2.45, 2.75) is 68.6 Å². The third-order valence-corrected chi connectivity index (χ3v) is 8.44. The molecule has 162 valence electrons. The van der Waals surface area contributed by atoms with E-state index in [1.54, 1.807) is 6.07 Å². The van der Waals surface area contributed by atoms with Crippen LogP contribution < -0.4 is 0 Å². The molecule has 1 aliphatic heterocycles. The quantitative estimate of drug-likeness (QED) is 0.784. The smallest absolute Gasteiger partial charge is 0.134 e. The summed E-state index contributed by atoms with van der Waals surface area (Å²) in [7, 11) is 0. The number of Topliss-reactive ketones (excluding diaryl/α,β-unsaturated/α-hetero) is 1. The highest BCUT2D eigenvalue weighted by atomic mass is 16.5. The molecule has 3 fully saturated rings. The highest BCUT2D eigenvalue weighted by Crippen LogP contribution is 2.61. The number of fused-ring (bicyclic) bond motifs is 1. The summed E-state index contributed by atoms with van der Waals surface area (Å²) in [4.78, 5) is 15.5. The van der Waals surface area contributed by atoms with Crippen LogP contribution in [0, 0.1) is 5.92 Å². The Balaban J connectivity index is 1.48. The molecule has 2 aromatic rings. The molecule has 2 aromatic carbocycles. The summed E-state index contributed by atoms with van der Waals surface area (Å²) in [6, 6.07) is 16.5. The highest BCUT2D eigenvalue weighted by molar-refractivity contribution is 5.83. The van der Waals surface area contributed by atoms with Crippen LogP contribution in [0.1, 0.15) is 55.2 Å². The van der Waals surface area contributed by atoms with Gasteiger partial charge in [-0.3, -0.25) is 9.69 Å². The van der Waals surface area contributed by atoms with Crippen molar-refractivity contribution in [2.24, 2.45) is 5.92 Å². The van der Waals surface area contributed by atoms with E-state index in [9.17, 15) is 9.90 Å². The molecule has 0 amide bonds. The number of benzene rings is 2. The van der Waals surface area contributed by atoms with Gasteiger partial charge >= 0.3 is 0 Å². The normalized spacial score (nSPS) is 32.4.